The molecule has 1 amide bonds. The molecule has 0 aromatic rings. The summed E-state index contributed by atoms with van der Waals surface area (Å²) in [6.07, 6.45) is 6.55. The molecule has 3 heteroatoms. The summed E-state index contributed by atoms with van der Waals surface area (Å²) in [6, 6.07) is 0.677. The summed E-state index contributed by atoms with van der Waals surface area (Å²) in [5, 5.41) is 3.20. The quantitative estimate of drug-likeness (QED) is 0.724. The minimum absolute atomic E-state index is 0.188. The molecule has 3 N–H and O–H groups in total. The summed E-state index contributed by atoms with van der Waals surface area (Å²) >= 11 is 0. The van der Waals surface area contributed by atoms with Gasteiger partial charge in [0.1, 0.15) is 0 Å². The molecule has 0 spiro atoms. The molecule has 3 nitrogen and oxygen atoms in total. The maximum atomic E-state index is 11.9. The molecule has 0 saturated heterocycles. The predicted octanol–water partition coefficient (Wildman–Crippen LogP) is 1.42. The van der Waals surface area contributed by atoms with Gasteiger partial charge in [0.25, 0.3) is 0 Å². The highest BCUT2D eigenvalue weighted by atomic mass is 16.1. The molecule has 0 aliphatic heterocycles. The summed E-state index contributed by atoms with van der Waals surface area (Å²) in [6.45, 7) is 2.23. The molecule has 2 aliphatic carbocycles. The zero-order chi connectivity index (χ0) is 10.8. The van der Waals surface area contributed by atoms with E-state index in [-0.39, 0.29) is 17.9 Å². The van der Waals surface area contributed by atoms with Gasteiger partial charge in [-0.25, -0.2) is 0 Å². The van der Waals surface area contributed by atoms with E-state index in [9.17, 15) is 4.79 Å². The maximum Gasteiger partial charge on any atom is 0.223 e. The smallest absolute Gasteiger partial charge is 0.223 e. The van der Waals surface area contributed by atoms with E-state index in [0.717, 1.165) is 25.7 Å². The van der Waals surface area contributed by atoms with Crippen molar-refractivity contribution < 1.29 is 4.79 Å². The van der Waals surface area contributed by atoms with Crippen molar-refractivity contribution in [1.82, 2.24) is 5.32 Å². The van der Waals surface area contributed by atoms with E-state index in [0.29, 0.717) is 12.0 Å². The second-order valence-corrected chi connectivity index (χ2v) is 5.29. The van der Waals surface area contributed by atoms with Crippen LogP contribution in [0, 0.1) is 11.8 Å². The van der Waals surface area contributed by atoms with E-state index >= 15 is 0 Å². The second-order valence-electron chi connectivity index (χ2n) is 5.29. The predicted molar refractivity (Wildman–Crippen MR) is 60.3 cm³/mol. The second kappa shape index (κ2) is 4.52. The van der Waals surface area contributed by atoms with E-state index in [2.05, 4.69) is 12.2 Å². The fourth-order valence-corrected chi connectivity index (χ4v) is 2.91. The molecule has 0 aromatic heterocycles. The Balaban J connectivity index is 1.81. The molecule has 2 aliphatic rings. The van der Waals surface area contributed by atoms with Crippen LogP contribution in [0.2, 0.25) is 0 Å². The van der Waals surface area contributed by atoms with Crippen LogP contribution in [-0.4, -0.2) is 18.0 Å². The number of nitrogens with one attached hydrogen (secondary N) is 1. The molecule has 0 heterocycles. The van der Waals surface area contributed by atoms with Crippen LogP contribution in [-0.2, 0) is 4.79 Å². The van der Waals surface area contributed by atoms with Gasteiger partial charge in [0.2, 0.25) is 5.91 Å². The molecule has 2 saturated carbocycles. The van der Waals surface area contributed by atoms with E-state index in [1.165, 1.54) is 12.8 Å². The Morgan fingerprint density at radius 2 is 2.07 bits per heavy atom. The van der Waals surface area contributed by atoms with Gasteiger partial charge in [0.15, 0.2) is 0 Å². The molecule has 4 atom stereocenters. The largest absolute Gasteiger partial charge is 0.353 e. The number of nitrogens with two attached hydrogens (primary N) is 1. The molecule has 4 unspecified atom stereocenters. The highest BCUT2D eigenvalue weighted by molar-refractivity contribution is 5.79. The molecule has 2 fully saturated rings. The van der Waals surface area contributed by atoms with Crippen LogP contribution in [0.4, 0.5) is 0 Å². The fourth-order valence-electron chi connectivity index (χ4n) is 2.91. The lowest BCUT2D eigenvalue weighted by molar-refractivity contribution is -0.125. The first-order valence-corrected chi connectivity index (χ1v) is 6.22. The number of hydrogen-bond acceptors (Lipinski definition) is 2. The Kier molecular flexibility index (Phi) is 3.29. The number of carbonyl (C=O) groups excluding carboxylic acids is 1. The van der Waals surface area contributed by atoms with Crippen molar-refractivity contribution in [3.8, 4) is 0 Å². The topological polar surface area (TPSA) is 55.1 Å². The van der Waals surface area contributed by atoms with Crippen molar-refractivity contribution in [2.75, 3.05) is 0 Å². The van der Waals surface area contributed by atoms with E-state index in [1.54, 1.807) is 0 Å². The van der Waals surface area contributed by atoms with Crippen LogP contribution in [0.15, 0.2) is 0 Å². The standard InChI is InChI=1S/C12H22N2O/c1-8-3-2-4-11(8)14-12(15)9-5-6-10(13)7-9/h8-11H,2-7,13H2,1H3,(H,14,15). The van der Waals surface area contributed by atoms with Gasteiger partial charge in [-0.05, 0) is 38.0 Å². The highest BCUT2D eigenvalue weighted by Gasteiger charge is 2.31. The van der Waals surface area contributed by atoms with Gasteiger partial charge < -0.3 is 11.1 Å². The molecular weight excluding hydrogens is 188 g/mol. The van der Waals surface area contributed by atoms with Crippen LogP contribution < -0.4 is 11.1 Å². The summed E-state index contributed by atoms with van der Waals surface area (Å²) in [5.41, 5.74) is 5.82. The summed E-state index contributed by atoms with van der Waals surface area (Å²) in [4.78, 5) is 11.9. The van der Waals surface area contributed by atoms with E-state index in [4.69, 9.17) is 5.73 Å². The van der Waals surface area contributed by atoms with Crippen molar-refractivity contribution in [2.45, 2.75) is 57.5 Å². The van der Waals surface area contributed by atoms with Gasteiger partial charge in [-0.2, -0.15) is 0 Å². The molecule has 2 rings (SSSR count). The lowest BCUT2D eigenvalue weighted by Gasteiger charge is -2.19. The van der Waals surface area contributed by atoms with Crippen LogP contribution >= 0.6 is 0 Å². The third-order valence-corrected chi connectivity index (χ3v) is 4.03. The van der Waals surface area contributed by atoms with Gasteiger partial charge in [-0.3, -0.25) is 4.79 Å². The third-order valence-electron chi connectivity index (χ3n) is 4.03. The summed E-state index contributed by atoms with van der Waals surface area (Å²) in [5.74, 6) is 1.10. The van der Waals surface area contributed by atoms with Gasteiger partial charge in [-0.15, -0.1) is 0 Å². The molecule has 15 heavy (non-hydrogen) atoms. The van der Waals surface area contributed by atoms with Crippen LogP contribution in [0.1, 0.15) is 45.4 Å². The van der Waals surface area contributed by atoms with Crippen molar-refractivity contribution in [3.63, 3.8) is 0 Å². The number of hydrogen-bond donors (Lipinski definition) is 2. The van der Waals surface area contributed by atoms with Gasteiger partial charge >= 0.3 is 0 Å². The summed E-state index contributed by atoms with van der Waals surface area (Å²) < 4.78 is 0. The minimum atomic E-state index is 0.188. The highest BCUT2D eigenvalue weighted by Crippen LogP contribution is 2.28. The minimum Gasteiger partial charge on any atom is -0.353 e. The van der Waals surface area contributed by atoms with E-state index in [1.807, 2.05) is 0 Å². The molecule has 0 bridgehead atoms. The van der Waals surface area contributed by atoms with Crippen molar-refractivity contribution in [1.29, 1.82) is 0 Å². The first-order valence-electron chi connectivity index (χ1n) is 6.22. The normalized spacial score (nSPS) is 40.7. The fraction of sp³-hybridized carbons (Fsp3) is 0.917. The summed E-state index contributed by atoms with van der Waals surface area (Å²) in [7, 11) is 0. The Morgan fingerprint density at radius 1 is 1.27 bits per heavy atom. The van der Waals surface area contributed by atoms with Crippen molar-refractivity contribution >= 4 is 5.91 Å². The van der Waals surface area contributed by atoms with Gasteiger partial charge in [-0.1, -0.05) is 13.3 Å². The molecular formula is C12H22N2O. The van der Waals surface area contributed by atoms with Gasteiger partial charge in [0, 0.05) is 18.0 Å². The lowest BCUT2D eigenvalue weighted by Crippen LogP contribution is -2.39. The first-order chi connectivity index (χ1) is 7.16. The zero-order valence-electron chi connectivity index (χ0n) is 9.54. The molecule has 0 radical (unpaired) electrons. The number of amides is 1. The first kappa shape index (κ1) is 10.9. The lowest BCUT2D eigenvalue weighted by atomic mass is 10.0. The van der Waals surface area contributed by atoms with E-state index < -0.39 is 0 Å². The average Bonchev–Trinajstić information content (AvgIpc) is 2.77. The average molecular weight is 210 g/mol. The maximum absolute atomic E-state index is 11.9. The zero-order valence-corrected chi connectivity index (χ0v) is 9.54. The van der Waals surface area contributed by atoms with Crippen LogP contribution in [0.5, 0.6) is 0 Å². The third kappa shape index (κ3) is 2.51. The Morgan fingerprint density at radius 3 is 2.60 bits per heavy atom. The Hall–Kier alpha value is -0.570. The number of carbonyl (C=O) groups is 1. The number of rotatable bonds is 2. The van der Waals surface area contributed by atoms with Crippen LogP contribution in [0.25, 0.3) is 0 Å². The Labute approximate surface area is 91.8 Å². The Bertz CT molecular complexity index is 242. The van der Waals surface area contributed by atoms with Crippen LogP contribution in [0.3, 0.4) is 0 Å². The van der Waals surface area contributed by atoms with Crippen molar-refractivity contribution in [3.05, 3.63) is 0 Å². The molecule has 0 aromatic carbocycles. The monoisotopic (exact) mass is 210 g/mol. The van der Waals surface area contributed by atoms with Gasteiger partial charge in [0.05, 0.1) is 0 Å². The SMILES string of the molecule is CC1CCCC1NC(=O)C1CCC(N)C1. The van der Waals surface area contributed by atoms with Crippen molar-refractivity contribution in [2.24, 2.45) is 17.6 Å². The molecule has 86 valence electrons.